The molecule has 0 fully saturated rings. The number of H-pyrrole nitrogens is 1. The second kappa shape index (κ2) is 7.73. The van der Waals surface area contributed by atoms with Crippen LogP contribution in [-0.4, -0.2) is 23.4 Å². The molecule has 1 aromatic carbocycles. The van der Waals surface area contributed by atoms with E-state index in [1.54, 1.807) is 12.3 Å². The zero-order valence-corrected chi connectivity index (χ0v) is 13.2. The van der Waals surface area contributed by atoms with Gasteiger partial charge in [-0.3, -0.25) is 20.4 Å². The van der Waals surface area contributed by atoms with Gasteiger partial charge in [-0.15, -0.1) is 0 Å². The Bertz CT molecular complexity index is 689. The number of ether oxygens (including phenoxy) is 1. The predicted octanol–water partition coefficient (Wildman–Crippen LogP) is 2.38. The van der Waals surface area contributed by atoms with Gasteiger partial charge in [0.15, 0.2) is 0 Å². The van der Waals surface area contributed by atoms with Gasteiger partial charge in [0.2, 0.25) is 5.91 Å². The van der Waals surface area contributed by atoms with E-state index in [0.717, 1.165) is 0 Å². The van der Waals surface area contributed by atoms with Gasteiger partial charge in [0.25, 0.3) is 5.91 Å². The van der Waals surface area contributed by atoms with Gasteiger partial charge in [0.1, 0.15) is 11.4 Å². The first-order valence-electron chi connectivity index (χ1n) is 6.41. The van der Waals surface area contributed by atoms with E-state index in [9.17, 15) is 18.4 Å². The Morgan fingerprint density at radius 1 is 1.22 bits per heavy atom. The van der Waals surface area contributed by atoms with Gasteiger partial charge in [-0.1, -0.05) is 12.1 Å². The Kier molecular flexibility index (Phi) is 5.69. The average Bonchev–Trinajstić information content (AvgIpc) is 2.93. The summed E-state index contributed by atoms with van der Waals surface area (Å²) in [5.41, 5.74) is 5.38. The van der Waals surface area contributed by atoms with Crippen molar-refractivity contribution in [3.8, 4) is 5.75 Å². The lowest BCUT2D eigenvalue weighted by Gasteiger charge is -2.07. The lowest BCUT2D eigenvalue weighted by atomic mass is 10.1. The summed E-state index contributed by atoms with van der Waals surface area (Å²) in [4.78, 5) is 26.1. The van der Waals surface area contributed by atoms with Crippen LogP contribution < -0.4 is 15.6 Å². The number of carbonyl (C=O) groups is 2. The monoisotopic (exact) mass is 387 g/mol. The van der Waals surface area contributed by atoms with Crippen molar-refractivity contribution in [2.75, 3.05) is 0 Å². The van der Waals surface area contributed by atoms with Crippen molar-refractivity contribution in [3.05, 3.63) is 52.3 Å². The van der Waals surface area contributed by atoms with Crippen LogP contribution in [0.3, 0.4) is 0 Å². The fraction of sp³-hybridized carbons (Fsp3) is 0.143. The molecule has 122 valence electrons. The van der Waals surface area contributed by atoms with Crippen molar-refractivity contribution < 1.29 is 23.1 Å². The molecular weight excluding hydrogens is 376 g/mol. The van der Waals surface area contributed by atoms with E-state index in [2.05, 4.69) is 36.5 Å². The molecule has 0 aliphatic heterocycles. The number of aromatic nitrogens is 1. The minimum absolute atomic E-state index is 0.00906. The van der Waals surface area contributed by atoms with Crippen molar-refractivity contribution in [2.45, 2.75) is 13.0 Å². The minimum Gasteiger partial charge on any atom is -0.435 e. The van der Waals surface area contributed by atoms with Crippen LogP contribution in [0.15, 0.2) is 41.0 Å². The molecule has 0 bridgehead atoms. The molecule has 23 heavy (non-hydrogen) atoms. The topological polar surface area (TPSA) is 83.2 Å². The highest BCUT2D eigenvalue weighted by molar-refractivity contribution is 9.10. The zero-order valence-electron chi connectivity index (χ0n) is 11.6. The molecule has 0 aliphatic rings. The van der Waals surface area contributed by atoms with Crippen LogP contribution in [-0.2, 0) is 11.2 Å². The third-order valence-electron chi connectivity index (χ3n) is 2.72. The van der Waals surface area contributed by atoms with Crippen LogP contribution >= 0.6 is 15.9 Å². The number of rotatable bonds is 5. The molecule has 1 heterocycles. The Hall–Kier alpha value is -2.42. The summed E-state index contributed by atoms with van der Waals surface area (Å²) in [6.45, 7) is -2.90. The van der Waals surface area contributed by atoms with Gasteiger partial charge in [-0.25, -0.2) is 0 Å². The number of carbonyl (C=O) groups excluding carboxylic acids is 2. The molecule has 0 atom stereocenters. The molecule has 0 aliphatic carbocycles. The number of hydrogen-bond donors (Lipinski definition) is 3. The van der Waals surface area contributed by atoms with E-state index in [-0.39, 0.29) is 17.9 Å². The smallest absolute Gasteiger partial charge is 0.387 e. The van der Waals surface area contributed by atoms with Crippen LogP contribution in [0.4, 0.5) is 8.78 Å². The predicted molar refractivity (Wildman–Crippen MR) is 80.9 cm³/mol. The van der Waals surface area contributed by atoms with E-state index in [0.29, 0.717) is 10.0 Å². The molecule has 2 amide bonds. The van der Waals surface area contributed by atoms with E-state index < -0.39 is 18.4 Å². The van der Waals surface area contributed by atoms with Gasteiger partial charge in [0, 0.05) is 10.7 Å². The van der Waals surface area contributed by atoms with Crippen molar-refractivity contribution >= 4 is 27.7 Å². The highest BCUT2D eigenvalue weighted by Crippen LogP contribution is 2.15. The third-order valence-corrected chi connectivity index (χ3v) is 3.18. The Balaban J connectivity index is 1.81. The number of benzene rings is 1. The maximum absolute atomic E-state index is 12.0. The minimum atomic E-state index is -2.90. The molecule has 9 heteroatoms. The highest BCUT2D eigenvalue weighted by atomic mass is 79.9. The van der Waals surface area contributed by atoms with Crippen LogP contribution in [0.25, 0.3) is 0 Å². The summed E-state index contributed by atoms with van der Waals surface area (Å²) in [7, 11) is 0. The highest BCUT2D eigenvalue weighted by Gasteiger charge is 2.10. The normalized spacial score (nSPS) is 10.4. The molecule has 3 N–H and O–H groups in total. The Labute approximate surface area is 138 Å². The summed E-state index contributed by atoms with van der Waals surface area (Å²) in [5.74, 6) is -0.939. The number of nitrogens with one attached hydrogen (secondary N) is 3. The summed E-state index contributed by atoms with van der Waals surface area (Å²) in [5, 5.41) is 0. The summed E-state index contributed by atoms with van der Waals surface area (Å²) in [6.07, 6.45) is 1.56. The largest absolute Gasteiger partial charge is 0.435 e. The first-order valence-corrected chi connectivity index (χ1v) is 7.20. The summed E-state index contributed by atoms with van der Waals surface area (Å²) in [6, 6.07) is 7.21. The maximum atomic E-state index is 12.0. The number of alkyl halides is 2. The number of aromatic amines is 1. The Morgan fingerprint density at radius 2 is 1.91 bits per heavy atom. The van der Waals surface area contributed by atoms with Crippen LogP contribution in [0, 0.1) is 0 Å². The van der Waals surface area contributed by atoms with Crippen molar-refractivity contribution in [1.29, 1.82) is 0 Å². The quantitative estimate of drug-likeness (QED) is 0.688. The molecular formula is C14H12BrF2N3O3. The fourth-order valence-electron chi connectivity index (χ4n) is 1.71. The number of halogens is 3. The molecule has 2 rings (SSSR count). The van der Waals surface area contributed by atoms with Crippen LogP contribution in [0.5, 0.6) is 5.75 Å². The SMILES string of the molecule is O=C(Cc1ccc(OC(F)F)cc1)NNC(=O)c1cc(Br)c[nH]1. The van der Waals surface area contributed by atoms with Gasteiger partial charge < -0.3 is 9.72 Å². The molecule has 2 aromatic rings. The standard InChI is InChI=1S/C14H12BrF2N3O3/c15-9-6-11(18-7-9)13(22)20-19-12(21)5-8-1-3-10(4-2-8)23-14(16)17/h1-4,6-7,14,18H,5H2,(H,19,21)(H,20,22). The van der Waals surface area contributed by atoms with E-state index in [4.69, 9.17) is 0 Å². The summed E-state index contributed by atoms with van der Waals surface area (Å²) < 4.78 is 28.9. The van der Waals surface area contributed by atoms with Gasteiger partial charge in [-0.05, 0) is 39.7 Å². The molecule has 0 saturated carbocycles. The van der Waals surface area contributed by atoms with E-state index in [1.807, 2.05) is 0 Å². The van der Waals surface area contributed by atoms with E-state index in [1.165, 1.54) is 24.3 Å². The fourth-order valence-corrected chi connectivity index (χ4v) is 2.05. The second-order valence-corrected chi connectivity index (χ2v) is 5.35. The molecule has 6 nitrogen and oxygen atoms in total. The first-order chi connectivity index (χ1) is 10.9. The Morgan fingerprint density at radius 3 is 2.48 bits per heavy atom. The van der Waals surface area contributed by atoms with Crippen molar-refractivity contribution in [2.24, 2.45) is 0 Å². The molecule has 0 saturated heterocycles. The van der Waals surface area contributed by atoms with Gasteiger partial charge in [-0.2, -0.15) is 8.78 Å². The number of amides is 2. The molecule has 0 radical (unpaired) electrons. The molecule has 0 unspecified atom stereocenters. The summed E-state index contributed by atoms with van der Waals surface area (Å²) >= 11 is 3.19. The molecule has 0 spiro atoms. The number of hydrogen-bond acceptors (Lipinski definition) is 3. The number of hydrazine groups is 1. The molecule has 1 aromatic heterocycles. The van der Waals surface area contributed by atoms with E-state index >= 15 is 0 Å². The first kappa shape index (κ1) is 16.9. The average molecular weight is 388 g/mol. The lowest BCUT2D eigenvalue weighted by molar-refractivity contribution is -0.121. The second-order valence-electron chi connectivity index (χ2n) is 4.43. The van der Waals surface area contributed by atoms with Gasteiger partial charge >= 0.3 is 6.61 Å². The van der Waals surface area contributed by atoms with Crippen LogP contribution in [0.1, 0.15) is 16.1 Å². The van der Waals surface area contributed by atoms with Gasteiger partial charge in [0.05, 0.1) is 6.42 Å². The maximum Gasteiger partial charge on any atom is 0.387 e. The van der Waals surface area contributed by atoms with Crippen molar-refractivity contribution in [1.82, 2.24) is 15.8 Å². The lowest BCUT2D eigenvalue weighted by Crippen LogP contribution is -2.42. The van der Waals surface area contributed by atoms with Crippen LogP contribution in [0.2, 0.25) is 0 Å². The zero-order chi connectivity index (χ0) is 16.8. The van der Waals surface area contributed by atoms with Crippen molar-refractivity contribution in [3.63, 3.8) is 0 Å². The third kappa shape index (κ3) is 5.37.